The third-order valence-corrected chi connectivity index (χ3v) is 3.83. The predicted molar refractivity (Wildman–Crippen MR) is 94.8 cm³/mol. The Morgan fingerprint density at radius 3 is 2.42 bits per heavy atom. The molecular weight excluding hydrogens is 300 g/mol. The van der Waals surface area contributed by atoms with Gasteiger partial charge in [0.25, 0.3) is 5.91 Å². The molecule has 3 aromatic rings. The second-order valence-corrected chi connectivity index (χ2v) is 5.64. The lowest BCUT2D eigenvalue weighted by Gasteiger charge is -2.11. The van der Waals surface area contributed by atoms with E-state index >= 15 is 0 Å². The van der Waals surface area contributed by atoms with Gasteiger partial charge in [-0.25, -0.2) is 0 Å². The molecule has 0 aliphatic rings. The summed E-state index contributed by atoms with van der Waals surface area (Å²) in [6, 6.07) is 21.0. The number of amides is 1. The average molecular weight is 320 g/mol. The molecule has 2 N–H and O–H groups in total. The fourth-order valence-corrected chi connectivity index (χ4v) is 2.41. The highest BCUT2D eigenvalue weighted by molar-refractivity contribution is 6.04. The molecule has 0 saturated heterocycles. The van der Waals surface area contributed by atoms with Gasteiger partial charge in [0.05, 0.1) is 12.3 Å². The van der Waals surface area contributed by atoms with Crippen LogP contribution in [0.4, 0.5) is 5.69 Å². The molecule has 0 fully saturated rings. The van der Waals surface area contributed by atoms with Gasteiger partial charge in [-0.1, -0.05) is 30.3 Å². The molecule has 0 unspecified atom stereocenters. The standard InChI is InChI=1S/C20H20N2O2/c1-15(19-8-5-13-24-19)21-14-16-9-11-17(12-10-16)20(23)22-18-6-3-2-4-7-18/h2-13,15,21H,14H2,1H3,(H,22,23)/t15-/m0/s1. The molecule has 1 atom stereocenters. The molecule has 0 aliphatic heterocycles. The van der Waals surface area contributed by atoms with Gasteiger partial charge >= 0.3 is 0 Å². The van der Waals surface area contributed by atoms with Crippen molar-refractivity contribution in [1.82, 2.24) is 5.32 Å². The van der Waals surface area contributed by atoms with Crippen molar-refractivity contribution in [3.63, 3.8) is 0 Å². The van der Waals surface area contributed by atoms with Gasteiger partial charge in [-0.3, -0.25) is 4.79 Å². The first-order valence-corrected chi connectivity index (χ1v) is 7.94. The number of carbonyl (C=O) groups excluding carboxylic acids is 1. The van der Waals surface area contributed by atoms with Crippen molar-refractivity contribution in [3.05, 3.63) is 89.9 Å². The number of carbonyl (C=O) groups is 1. The zero-order valence-corrected chi connectivity index (χ0v) is 13.5. The number of nitrogens with one attached hydrogen (secondary N) is 2. The summed E-state index contributed by atoms with van der Waals surface area (Å²) in [5.41, 5.74) is 2.55. The van der Waals surface area contributed by atoms with Gasteiger partial charge in [0, 0.05) is 17.8 Å². The van der Waals surface area contributed by atoms with Crippen LogP contribution in [-0.2, 0) is 6.54 Å². The van der Waals surface area contributed by atoms with E-state index in [1.165, 1.54) is 0 Å². The van der Waals surface area contributed by atoms with Crippen molar-refractivity contribution in [1.29, 1.82) is 0 Å². The van der Waals surface area contributed by atoms with E-state index < -0.39 is 0 Å². The van der Waals surface area contributed by atoms with E-state index in [0.717, 1.165) is 17.0 Å². The van der Waals surface area contributed by atoms with Gasteiger partial charge in [-0.05, 0) is 48.9 Å². The second-order valence-electron chi connectivity index (χ2n) is 5.64. The Balaban J connectivity index is 1.56. The monoisotopic (exact) mass is 320 g/mol. The third-order valence-electron chi connectivity index (χ3n) is 3.83. The maximum Gasteiger partial charge on any atom is 0.255 e. The average Bonchev–Trinajstić information content (AvgIpc) is 3.16. The number of hydrogen-bond acceptors (Lipinski definition) is 3. The van der Waals surface area contributed by atoms with Gasteiger partial charge in [-0.2, -0.15) is 0 Å². The first-order chi connectivity index (χ1) is 11.7. The van der Waals surface area contributed by atoms with Crippen LogP contribution in [0, 0.1) is 0 Å². The smallest absolute Gasteiger partial charge is 0.255 e. The molecule has 0 aliphatic carbocycles. The van der Waals surface area contributed by atoms with Crippen molar-refractivity contribution >= 4 is 11.6 Å². The lowest BCUT2D eigenvalue weighted by Crippen LogP contribution is -2.17. The number of furan rings is 1. The molecule has 0 saturated carbocycles. The summed E-state index contributed by atoms with van der Waals surface area (Å²) in [4.78, 5) is 12.2. The van der Waals surface area contributed by atoms with Gasteiger partial charge in [-0.15, -0.1) is 0 Å². The molecule has 1 amide bonds. The van der Waals surface area contributed by atoms with Crippen molar-refractivity contribution in [2.24, 2.45) is 0 Å². The molecule has 1 aromatic heterocycles. The second kappa shape index (κ2) is 7.62. The van der Waals surface area contributed by atoms with Gasteiger partial charge < -0.3 is 15.1 Å². The molecule has 4 heteroatoms. The molecule has 4 nitrogen and oxygen atoms in total. The Hall–Kier alpha value is -2.85. The lowest BCUT2D eigenvalue weighted by molar-refractivity contribution is 0.102. The van der Waals surface area contributed by atoms with E-state index in [1.54, 1.807) is 6.26 Å². The van der Waals surface area contributed by atoms with E-state index in [2.05, 4.69) is 17.6 Å². The SMILES string of the molecule is C[C@H](NCc1ccc(C(=O)Nc2ccccc2)cc1)c1ccco1. The zero-order valence-electron chi connectivity index (χ0n) is 13.5. The van der Waals surface area contributed by atoms with Crippen LogP contribution in [0.25, 0.3) is 0 Å². The fraction of sp³-hybridized carbons (Fsp3) is 0.150. The van der Waals surface area contributed by atoms with Crippen molar-refractivity contribution in [2.75, 3.05) is 5.32 Å². The van der Waals surface area contributed by atoms with E-state index in [-0.39, 0.29) is 11.9 Å². The Kier molecular flexibility index (Phi) is 5.08. The van der Waals surface area contributed by atoms with Crippen LogP contribution in [0.3, 0.4) is 0 Å². The molecule has 24 heavy (non-hydrogen) atoms. The van der Waals surface area contributed by atoms with Crippen molar-refractivity contribution in [3.8, 4) is 0 Å². The summed E-state index contributed by atoms with van der Waals surface area (Å²) in [5, 5.41) is 6.28. The van der Waals surface area contributed by atoms with E-state index in [1.807, 2.05) is 66.7 Å². The van der Waals surface area contributed by atoms with Crippen molar-refractivity contribution in [2.45, 2.75) is 19.5 Å². The minimum atomic E-state index is -0.107. The molecule has 122 valence electrons. The van der Waals surface area contributed by atoms with Crippen LogP contribution < -0.4 is 10.6 Å². The molecule has 1 heterocycles. The van der Waals surface area contributed by atoms with Crippen LogP contribution in [0.5, 0.6) is 0 Å². The molecule has 3 rings (SSSR count). The summed E-state index contributed by atoms with van der Waals surface area (Å²) in [7, 11) is 0. The van der Waals surface area contributed by atoms with E-state index in [0.29, 0.717) is 12.1 Å². The fourth-order valence-electron chi connectivity index (χ4n) is 2.41. The molecule has 0 bridgehead atoms. The highest BCUT2D eigenvalue weighted by Crippen LogP contribution is 2.14. The number of rotatable bonds is 6. The molecule has 0 spiro atoms. The summed E-state index contributed by atoms with van der Waals surface area (Å²) in [6.45, 7) is 2.77. The van der Waals surface area contributed by atoms with Crippen LogP contribution in [0.2, 0.25) is 0 Å². The van der Waals surface area contributed by atoms with E-state index in [4.69, 9.17) is 4.42 Å². The zero-order chi connectivity index (χ0) is 16.8. The Bertz CT molecular complexity index is 765. The third kappa shape index (κ3) is 4.12. The summed E-state index contributed by atoms with van der Waals surface area (Å²) in [5.74, 6) is 0.804. The first kappa shape index (κ1) is 16.0. The van der Waals surface area contributed by atoms with Crippen LogP contribution in [0.1, 0.15) is 34.6 Å². The topological polar surface area (TPSA) is 54.3 Å². The summed E-state index contributed by atoms with van der Waals surface area (Å²) >= 11 is 0. The molecule has 2 aromatic carbocycles. The van der Waals surface area contributed by atoms with Crippen LogP contribution >= 0.6 is 0 Å². The number of hydrogen-bond donors (Lipinski definition) is 2. The highest BCUT2D eigenvalue weighted by Gasteiger charge is 2.08. The minimum Gasteiger partial charge on any atom is -0.468 e. The van der Waals surface area contributed by atoms with Crippen LogP contribution in [0.15, 0.2) is 77.4 Å². The van der Waals surface area contributed by atoms with E-state index in [9.17, 15) is 4.79 Å². The summed E-state index contributed by atoms with van der Waals surface area (Å²) in [6.07, 6.45) is 1.67. The normalized spacial score (nSPS) is 11.9. The quantitative estimate of drug-likeness (QED) is 0.708. The Morgan fingerprint density at radius 2 is 1.75 bits per heavy atom. The van der Waals surface area contributed by atoms with Crippen LogP contribution in [-0.4, -0.2) is 5.91 Å². The van der Waals surface area contributed by atoms with Crippen molar-refractivity contribution < 1.29 is 9.21 Å². The molecule has 0 radical (unpaired) electrons. The lowest BCUT2D eigenvalue weighted by atomic mass is 10.1. The maximum atomic E-state index is 12.2. The van der Waals surface area contributed by atoms with Gasteiger partial charge in [0.1, 0.15) is 5.76 Å². The highest BCUT2D eigenvalue weighted by atomic mass is 16.3. The number of benzene rings is 2. The first-order valence-electron chi connectivity index (χ1n) is 7.94. The number of para-hydroxylation sites is 1. The van der Waals surface area contributed by atoms with Gasteiger partial charge in [0.15, 0.2) is 0 Å². The largest absolute Gasteiger partial charge is 0.468 e. The minimum absolute atomic E-state index is 0.107. The Morgan fingerprint density at radius 1 is 1.00 bits per heavy atom. The summed E-state index contributed by atoms with van der Waals surface area (Å²) < 4.78 is 5.38. The Labute approximate surface area is 141 Å². The maximum absolute atomic E-state index is 12.2. The number of anilines is 1. The van der Waals surface area contributed by atoms with Gasteiger partial charge in [0.2, 0.25) is 0 Å². The molecular formula is C20H20N2O2. The predicted octanol–water partition coefficient (Wildman–Crippen LogP) is 4.38.